The van der Waals surface area contributed by atoms with Crippen LogP contribution in [0.25, 0.3) is 11.4 Å². The van der Waals surface area contributed by atoms with Crippen molar-refractivity contribution in [2.24, 2.45) is 0 Å². The van der Waals surface area contributed by atoms with Crippen molar-refractivity contribution >= 4 is 23.3 Å². The minimum Gasteiger partial charge on any atom is -0.376 e. The molecule has 3 aromatic rings. The Hall–Kier alpha value is -3.22. The molecule has 10 heteroatoms. The molecule has 31 heavy (non-hydrogen) atoms. The van der Waals surface area contributed by atoms with Gasteiger partial charge in [-0.2, -0.15) is 10.1 Å². The fraction of sp³-hybridized carbons (Fsp3) is 0.381. The largest absolute Gasteiger partial charge is 0.376 e. The van der Waals surface area contributed by atoms with Crippen molar-refractivity contribution in [1.29, 1.82) is 5.26 Å². The van der Waals surface area contributed by atoms with E-state index < -0.39 is 0 Å². The number of nitrogens with one attached hydrogen (secondary N) is 1. The predicted octanol–water partition coefficient (Wildman–Crippen LogP) is 3.10. The first-order valence-electron chi connectivity index (χ1n) is 10.0. The van der Waals surface area contributed by atoms with Crippen LogP contribution in [0.3, 0.4) is 0 Å². The second-order valence-corrected chi connectivity index (χ2v) is 7.87. The van der Waals surface area contributed by atoms with E-state index >= 15 is 0 Å². The topological polar surface area (TPSA) is 111 Å². The van der Waals surface area contributed by atoms with E-state index in [-0.39, 0.29) is 18.6 Å². The number of rotatable bonds is 6. The van der Waals surface area contributed by atoms with Crippen LogP contribution in [0.2, 0.25) is 5.02 Å². The molecule has 1 aliphatic heterocycles. The molecule has 1 N–H and O–H groups in total. The highest BCUT2D eigenvalue weighted by molar-refractivity contribution is 6.33. The van der Waals surface area contributed by atoms with Crippen molar-refractivity contribution < 1.29 is 9.53 Å². The molecule has 4 rings (SSSR count). The summed E-state index contributed by atoms with van der Waals surface area (Å²) in [6.45, 7) is 5.00. The molecular formula is C21H22ClN7O2. The summed E-state index contributed by atoms with van der Waals surface area (Å²) >= 11 is 6.18. The molecular weight excluding hydrogens is 418 g/mol. The van der Waals surface area contributed by atoms with Gasteiger partial charge >= 0.3 is 0 Å². The van der Waals surface area contributed by atoms with Crippen LogP contribution >= 0.6 is 11.6 Å². The maximum atomic E-state index is 12.8. The molecule has 1 atom stereocenters. The number of nitrogens with zero attached hydrogens (tertiary/aromatic N) is 6. The standard InChI is InChI=1S/C21H22ClN7O2/c1-13-14(2)28(11-15-6-5-9-31-15)21(17(13)10-23)24-19(30)12-29-26-20(25-27-29)16-7-3-4-8-18(16)22/h3-4,7-8,15H,5-6,9,11-12H2,1-2H3,(H,24,30)/t15-/m1/s1. The van der Waals surface area contributed by atoms with E-state index in [2.05, 4.69) is 26.8 Å². The zero-order chi connectivity index (χ0) is 22.0. The molecule has 1 fully saturated rings. The number of benzene rings is 1. The van der Waals surface area contributed by atoms with E-state index in [1.54, 1.807) is 12.1 Å². The third-order valence-electron chi connectivity index (χ3n) is 5.46. The van der Waals surface area contributed by atoms with Gasteiger partial charge < -0.3 is 14.6 Å². The molecule has 2 aromatic heterocycles. The Morgan fingerprint density at radius 1 is 1.39 bits per heavy atom. The summed E-state index contributed by atoms with van der Waals surface area (Å²) in [5.74, 6) is 0.458. The van der Waals surface area contributed by atoms with Crippen molar-refractivity contribution in [3.63, 3.8) is 0 Å². The number of amides is 1. The lowest BCUT2D eigenvalue weighted by Crippen LogP contribution is -2.24. The fourth-order valence-electron chi connectivity index (χ4n) is 3.71. The Morgan fingerprint density at radius 3 is 2.90 bits per heavy atom. The molecule has 1 saturated heterocycles. The zero-order valence-electron chi connectivity index (χ0n) is 17.3. The normalized spacial score (nSPS) is 15.7. The highest BCUT2D eigenvalue weighted by Gasteiger charge is 2.24. The molecule has 160 valence electrons. The van der Waals surface area contributed by atoms with E-state index in [1.165, 1.54) is 4.80 Å². The molecule has 0 saturated carbocycles. The third-order valence-corrected chi connectivity index (χ3v) is 5.79. The number of carbonyl (C=O) groups excluding carboxylic acids is 1. The van der Waals surface area contributed by atoms with Gasteiger partial charge in [-0.25, -0.2) is 0 Å². The molecule has 0 unspecified atom stereocenters. The molecule has 9 nitrogen and oxygen atoms in total. The first-order chi connectivity index (χ1) is 15.0. The van der Waals surface area contributed by atoms with Crippen molar-refractivity contribution in [1.82, 2.24) is 24.8 Å². The number of halogens is 1. The number of anilines is 1. The second-order valence-electron chi connectivity index (χ2n) is 7.46. The monoisotopic (exact) mass is 439 g/mol. The molecule has 1 amide bonds. The van der Waals surface area contributed by atoms with Gasteiger partial charge in [0, 0.05) is 17.9 Å². The summed E-state index contributed by atoms with van der Waals surface area (Å²) in [4.78, 5) is 14.0. The summed E-state index contributed by atoms with van der Waals surface area (Å²) in [5, 5.41) is 25.2. The molecule has 3 heterocycles. The first kappa shape index (κ1) is 21.0. The van der Waals surface area contributed by atoms with Gasteiger partial charge in [0.2, 0.25) is 11.7 Å². The summed E-state index contributed by atoms with van der Waals surface area (Å²) < 4.78 is 7.70. The zero-order valence-corrected chi connectivity index (χ0v) is 18.1. The van der Waals surface area contributed by atoms with Crippen LogP contribution in [0.1, 0.15) is 29.7 Å². The van der Waals surface area contributed by atoms with Crippen LogP contribution in [-0.2, 0) is 22.6 Å². The van der Waals surface area contributed by atoms with Gasteiger partial charge in [0.1, 0.15) is 18.4 Å². The minimum absolute atomic E-state index is 0.0721. The number of aromatic nitrogens is 5. The number of hydrogen-bond acceptors (Lipinski definition) is 6. The van der Waals surface area contributed by atoms with Gasteiger partial charge in [0.15, 0.2) is 0 Å². The number of carbonyl (C=O) groups is 1. The average Bonchev–Trinajstić information content (AvgIpc) is 3.47. The van der Waals surface area contributed by atoms with Gasteiger partial charge in [0.05, 0.1) is 23.2 Å². The van der Waals surface area contributed by atoms with Crippen LogP contribution in [-0.4, -0.2) is 43.4 Å². The van der Waals surface area contributed by atoms with Gasteiger partial charge in [0.25, 0.3) is 0 Å². The van der Waals surface area contributed by atoms with Crippen LogP contribution < -0.4 is 5.32 Å². The van der Waals surface area contributed by atoms with Crippen LogP contribution in [0.4, 0.5) is 5.82 Å². The Labute approximate surface area is 184 Å². The van der Waals surface area contributed by atoms with Crippen molar-refractivity contribution in [2.75, 3.05) is 11.9 Å². The van der Waals surface area contributed by atoms with E-state index in [1.807, 2.05) is 30.5 Å². The van der Waals surface area contributed by atoms with Crippen molar-refractivity contribution in [3.05, 3.63) is 46.1 Å². The maximum Gasteiger partial charge on any atom is 0.249 e. The van der Waals surface area contributed by atoms with Crippen LogP contribution in [0.5, 0.6) is 0 Å². The predicted molar refractivity (Wildman–Crippen MR) is 114 cm³/mol. The Morgan fingerprint density at radius 2 is 2.19 bits per heavy atom. The lowest BCUT2D eigenvalue weighted by molar-refractivity contribution is -0.117. The smallest absolute Gasteiger partial charge is 0.249 e. The van der Waals surface area contributed by atoms with Crippen molar-refractivity contribution in [2.45, 2.75) is 45.9 Å². The lowest BCUT2D eigenvalue weighted by Gasteiger charge is -2.16. The lowest BCUT2D eigenvalue weighted by atomic mass is 10.2. The molecule has 0 radical (unpaired) electrons. The third kappa shape index (κ3) is 4.31. The molecule has 1 aromatic carbocycles. The maximum absolute atomic E-state index is 12.8. The van der Waals surface area contributed by atoms with Crippen LogP contribution in [0.15, 0.2) is 24.3 Å². The van der Waals surface area contributed by atoms with Crippen molar-refractivity contribution in [3.8, 4) is 17.5 Å². The Balaban J connectivity index is 1.53. The van der Waals surface area contributed by atoms with E-state index in [0.717, 1.165) is 30.7 Å². The summed E-state index contributed by atoms with van der Waals surface area (Å²) in [6, 6.07) is 9.37. The highest BCUT2D eigenvalue weighted by Crippen LogP contribution is 2.28. The van der Waals surface area contributed by atoms with Gasteiger partial charge in [-0.05, 0) is 49.6 Å². The highest BCUT2D eigenvalue weighted by atomic mass is 35.5. The summed E-state index contributed by atoms with van der Waals surface area (Å²) in [5.41, 5.74) is 2.87. The quantitative estimate of drug-likeness (QED) is 0.631. The number of hydrogen-bond donors (Lipinski definition) is 1. The van der Waals surface area contributed by atoms with Gasteiger partial charge in [-0.1, -0.05) is 23.7 Å². The minimum atomic E-state index is -0.356. The summed E-state index contributed by atoms with van der Waals surface area (Å²) in [6.07, 6.45) is 2.05. The average molecular weight is 440 g/mol. The Kier molecular flexibility index (Phi) is 6.02. The number of ether oxygens (including phenoxy) is 1. The fourth-order valence-corrected chi connectivity index (χ4v) is 3.93. The second kappa shape index (κ2) is 8.88. The van der Waals surface area contributed by atoms with Crippen LogP contribution in [0, 0.1) is 25.2 Å². The van der Waals surface area contributed by atoms with E-state index in [0.29, 0.717) is 34.3 Å². The summed E-state index contributed by atoms with van der Waals surface area (Å²) in [7, 11) is 0. The van der Waals surface area contributed by atoms with Gasteiger partial charge in [-0.15, -0.1) is 10.2 Å². The number of tetrazole rings is 1. The number of nitriles is 1. The van der Waals surface area contributed by atoms with E-state index in [4.69, 9.17) is 16.3 Å². The molecule has 1 aliphatic rings. The molecule has 0 aliphatic carbocycles. The Bertz CT molecular complexity index is 1160. The van der Waals surface area contributed by atoms with Gasteiger partial charge in [-0.3, -0.25) is 4.79 Å². The first-order valence-corrected chi connectivity index (χ1v) is 10.4. The molecule has 0 spiro atoms. The van der Waals surface area contributed by atoms with E-state index in [9.17, 15) is 10.1 Å². The SMILES string of the molecule is Cc1c(C#N)c(NC(=O)Cn2nnc(-c3ccccc3Cl)n2)n(C[C@H]2CCCO2)c1C. The molecule has 0 bridgehead atoms.